The summed E-state index contributed by atoms with van der Waals surface area (Å²) in [6.07, 6.45) is 2.99. The maximum absolute atomic E-state index is 13.6. The Labute approximate surface area is 181 Å². The van der Waals surface area contributed by atoms with Crippen molar-refractivity contribution in [1.29, 1.82) is 0 Å². The lowest BCUT2D eigenvalue weighted by molar-refractivity contribution is 0.0674. The number of Topliss-reactive ketones (excluding diaryl/α,β-unsaturated/α-hetero) is 1. The van der Waals surface area contributed by atoms with E-state index in [0.717, 1.165) is 49.2 Å². The molecule has 0 aliphatic carbocycles. The number of aromatic amines is 1. The minimum atomic E-state index is -0.827. The van der Waals surface area contributed by atoms with Gasteiger partial charge < -0.3 is 9.88 Å². The molecule has 1 unspecified atom stereocenters. The molecule has 5 nitrogen and oxygen atoms in total. The van der Waals surface area contributed by atoms with Crippen molar-refractivity contribution in [3.63, 3.8) is 0 Å². The summed E-state index contributed by atoms with van der Waals surface area (Å²) in [5.74, 6) is -1.73. The zero-order valence-electron chi connectivity index (χ0n) is 18.4. The molecule has 2 aromatic rings. The zero-order valence-corrected chi connectivity index (χ0v) is 18.4. The Morgan fingerprint density at radius 3 is 2.55 bits per heavy atom. The van der Waals surface area contributed by atoms with Gasteiger partial charge in [-0.25, -0.2) is 8.78 Å². The molecule has 31 heavy (non-hydrogen) atoms. The first kappa shape index (κ1) is 21.7. The van der Waals surface area contributed by atoms with Gasteiger partial charge in [0.15, 0.2) is 17.4 Å². The van der Waals surface area contributed by atoms with Gasteiger partial charge in [0.05, 0.1) is 11.3 Å². The summed E-state index contributed by atoms with van der Waals surface area (Å²) in [6.45, 7) is 8.85. The number of benzene rings is 1. The number of amides is 1. The summed E-state index contributed by atoms with van der Waals surface area (Å²) in [4.78, 5) is 32.4. The van der Waals surface area contributed by atoms with Crippen LogP contribution in [0.1, 0.15) is 63.9 Å². The van der Waals surface area contributed by atoms with E-state index in [0.29, 0.717) is 30.9 Å². The van der Waals surface area contributed by atoms with E-state index in [9.17, 15) is 18.4 Å². The number of hydrogen-bond acceptors (Lipinski definition) is 3. The second-order valence-corrected chi connectivity index (χ2v) is 9.22. The Bertz CT molecular complexity index is 1030. The Kier molecular flexibility index (Phi) is 5.73. The van der Waals surface area contributed by atoms with E-state index in [1.165, 1.54) is 19.1 Å². The number of aromatic nitrogens is 1. The van der Waals surface area contributed by atoms with E-state index < -0.39 is 11.6 Å². The molecule has 1 aromatic carbocycles. The van der Waals surface area contributed by atoms with E-state index in [1.807, 2.05) is 18.7 Å². The van der Waals surface area contributed by atoms with Crippen molar-refractivity contribution in [3.05, 3.63) is 57.9 Å². The Hall–Kier alpha value is -2.54. The molecule has 1 spiro atoms. The third kappa shape index (κ3) is 4.15. The molecule has 2 fully saturated rings. The fraction of sp³-hybridized carbons (Fsp3) is 0.500. The van der Waals surface area contributed by atoms with Gasteiger partial charge in [0.2, 0.25) is 0 Å². The van der Waals surface area contributed by atoms with Crippen molar-refractivity contribution in [1.82, 2.24) is 14.8 Å². The molecule has 3 heterocycles. The van der Waals surface area contributed by atoms with Crippen LogP contribution >= 0.6 is 0 Å². The van der Waals surface area contributed by atoms with Crippen molar-refractivity contribution in [3.8, 4) is 0 Å². The molecular formula is C24H29F2N3O2. The second kappa shape index (κ2) is 8.19. The SMILES string of the molecule is CC(=O)c1[nH]c(C)c(C(=O)N2CCC3(CCCN(Cc4ccc(F)c(F)c4)C3)C2)c1C. The number of halogens is 2. The van der Waals surface area contributed by atoms with Crippen molar-refractivity contribution < 1.29 is 18.4 Å². The quantitative estimate of drug-likeness (QED) is 0.740. The average molecular weight is 430 g/mol. The summed E-state index contributed by atoms with van der Waals surface area (Å²) in [5.41, 5.74) is 3.35. The van der Waals surface area contributed by atoms with Crippen LogP contribution in [0.4, 0.5) is 8.78 Å². The van der Waals surface area contributed by atoms with Crippen LogP contribution in [-0.2, 0) is 6.54 Å². The topological polar surface area (TPSA) is 56.4 Å². The maximum atomic E-state index is 13.6. The Morgan fingerprint density at radius 2 is 1.87 bits per heavy atom. The summed E-state index contributed by atoms with van der Waals surface area (Å²) in [7, 11) is 0. The molecule has 0 saturated carbocycles. The summed E-state index contributed by atoms with van der Waals surface area (Å²) < 4.78 is 26.8. The third-order valence-corrected chi connectivity index (χ3v) is 6.86. The number of piperidine rings is 1. The van der Waals surface area contributed by atoms with Gasteiger partial charge in [-0.1, -0.05) is 6.07 Å². The number of carbonyl (C=O) groups is 2. The number of carbonyl (C=O) groups excluding carboxylic acids is 2. The number of ketones is 1. The number of H-pyrrole nitrogens is 1. The first-order valence-electron chi connectivity index (χ1n) is 10.8. The predicted octanol–water partition coefficient (Wildman–Crippen LogP) is 4.24. The predicted molar refractivity (Wildman–Crippen MR) is 114 cm³/mol. The molecule has 166 valence electrons. The monoisotopic (exact) mass is 429 g/mol. The minimum absolute atomic E-state index is 0.0200. The van der Waals surface area contributed by atoms with Crippen molar-refractivity contribution >= 4 is 11.7 Å². The van der Waals surface area contributed by atoms with E-state index in [2.05, 4.69) is 9.88 Å². The highest BCUT2D eigenvalue weighted by Crippen LogP contribution is 2.40. The molecule has 0 radical (unpaired) electrons. The van der Waals surface area contributed by atoms with Crippen LogP contribution in [0.3, 0.4) is 0 Å². The van der Waals surface area contributed by atoms with Gasteiger partial charge in [-0.15, -0.1) is 0 Å². The van der Waals surface area contributed by atoms with Crippen LogP contribution in [0.25, 0.3) is 0 Å². The number of rotatable bonds is 4. The standard InChI is InChI=1S/C24H29F2N3O2/c1-15-21(16(2)27-22(15)17(3)30)23(31)29-10-8-24(14-29)7-4-9-28(13-24)12-18-5-6-19(25)20(26)11-18/h5-6,11,27H,4,7-10,12-14H2,1-3H3. The van der Waals surface area contributed by atoms with E-state index >= 15 is 0 Å². The third-order valence-electron chi connectivity index (χ3n) is 6.86. The Balaban J connectivity index is 1.46. The zero-order chi connectivity index (χ0) is 22.3. The lowest BCUT2D eigenvalue weighted by atomic mass is 9.79. The van der Waals surface area contributed by atoms with Gasteiger partial charge in [-0.3, -0.25) is 14.5 Å². The van der Waals surface area contributed by atoms with Crippen molar-refractivity contribution in [2.45, 2.75) is 46.6 Å². The fourth-order valence-electron chi connectivity index (χ4n) is 5.36. The summed E-state index contributed by atoms with van der Waals surface area (Å²) >= 11 is 0. The maximum Gasteiger partial charge on any atom is 0.255 e. The smallest absolute Gasteiger partial charge is 0.255 e. The van der Waals surface area contributed by atoms with E-state index in [1.54, 1.807) is 6.07 Å². The van der Waals surface area contributed by atoms with Gasteiger partial charge in [0, 0.05) is 44.2 Å². The van der Waals surface area contributed by atoms with Crippen LogP contribution in [0.2, 0.25) is 0 Å². The lowest BCUT2D eigenvalue weighted by Crippen LogP contribution is -2.45. The van der Waals surface area contributed by atoms with E-state index in [-0.39, 0.29) is 17.1 Å². The van der Waals surface area contributed by atoms with Gasteiger partial charge in [-0.05, 0) is 62.9 Å². The summed E-state index contributed by atoms with van der Waals surface area (Å²) in [6, 6.07) is 4.08. The fourth-order valence-corrected chi connectivity index (χ4v) is 5.36. The van der Waals surface area contributed by atoms with Gasteiger partial charge in [-0.2, -0.15) is 0 Å². The highest BCUT2D eigenvalue weighted by Gasteiger charge is 2.43. The molecule has 2 aliphatic heterocycles. The van der Waals surface area contributed by atoms with Crippen LogP contribution in [0, 0.1) is 30.9 Å². The van der Waals surface area contributed by atoms with Crippen LogP contribution in [-0.4, -0.2) is 52.7 Å². The van der Waals surface area contributed by atoms with Crippen LogP contribution in [0.5, 0.6) is 0 Å². The molecule has 0 bridgehead atoms. The Morgan fingerprint density at radius 1 is 1.10 bits per heavy atom. The first-order chi connectivity index (χ1) is 14.7. The van der Waals surface area contributed by atoms with Crippen molar-refractivity contribution in [2.24, 2.45) is 5.41 Å². The second-order valence-electron chi connectivity index (χ2n) is 9.22. The lowest BCUT2D eigenvalue weighted by Gasteiger charge is -2.40. The molecule has 7 heteroatoms. The molecular weight excluding hydrogens is 400 g/mol. The number of hydrogen-bond donors (Lipinski definition) is 1. The molecule has 1 aromatic heterocycles. The molecule has 4 rings (SSSR count). The van der Waals surface area contributed by atoms with Crippen LogP contribution < -0.4 is 0 Å². The number of likely N-dealkylation sites (tertiary alicyclic amines) is 2. The molecule has 1 atom stereocenters. The largest absolute Gasteiger partial charge is 0.355 e. The highest BCUT2D eigenvalue weighted by molar-refractivity contribution is 6.02. The van der Waals surface area contributed by atoms with Crippen molar-refractivity contribution in [2.75, 3.05) is 26.2 Å². The minimum Gasteiger partial charge on any atom is -0.355 e. The molecule has 2 saturated heterocycles. The first-order valence-corrected chi connectivity index (χ1v) is 10.8. The molecule has 2 aliphatic rings. The highest BCUT2D eigenvalue weighted by atomic mass is 19.2. The summed E-state index contributed by atoms with van der Waals surface area (Å²) in [5, 5.41) is 0. The van der Waals surface area contributed by atoms with E-state index in [4.69, 9.17) is 0 Å². The molecule has 1 N–H and O–H groups in total. The van der Waals surface area contributed by atoms with Gasteiger partial charge in [0.1, 0.15) is 0 Å². The van der Waals surface area contributed by atoms with Gasteiger partial charge in [0.25, 0.3) is 5.91 Å². The number of aryl methyl sites for hydroxylation is 1. The average Bonchev–Trinajstić information content (AvgIpc) is 3.25. The van der Waals surface area contributed by atoms with Gasteiger partial charge >= 0.3 is 0 Å². The van der Waals surface area contributed by atoms with Crippen LogP contribution in [0.15, 0.2) is 18.2 Å². The normalized spacial score (nSPS) is 21.8. The number of nitrogens with one attached hydrogen (secondary N) is 1. The molecule has 1 amide bonds. The number of nitrogens with zero attached hydrogens (tertiary/aromatic N) is 2.